The molecule has 4 aromatic rings. The maximum Gasteiger partial charge on any atom is 0.272 e. The van der Waals surface area contributed by atoms with Gasteiger partial charge >= 0.3 is 0 Å². The Labute approximate surface area is 263 Å². The van der Waals surface area contributed by atoms with Crippen LogP contribution in [0.2, 0.25) is 10.0 Å². The molecule has 0 saturated heterocycles. The minimum Gasteiger partial charge on any atom is -0.493 e. The average molecular weight is 637 g/mol. The van der Waals surface area contributed by atoms with E-state index in [2.05, 4.69) is 16.0 Å². The van der Waals surface area contributed by atoms with Gasteiger partial charge in [-0.1, -0.05) is 53.5 Å². The summed E-state index contributed by atoms with van der Waals surface area (Å²) in [5, 5.41) is 9.14. The van der Waals surface area contributed by atoms with Crippen LogP contribution >= 0.6 is 35.0 Å². The Kier molecular flexibility index (Phi) is 11.1. The van der Waals surface area contributed by atoms with Gasteiger partial charge in [0.15, 0.2) is 11.5 Å². The van der Waals surface area contributed by atoms with E-state index in [0.717, 1.165) is 4.90 Å². The fourth-order valence-electron chi connectivity index (χ4n) is 3.89. The number of methoxy groups -OCH3 is 2. The molecule has 220 valence electrons. The van der Waals surface area contributed by atoms with Crippen molar-refractivity contribution in [2.45, 2.75) is 4.90 Å². The summed E-state index contributed by atoms with van der Waals surface area (Å²) in [7, 11) is 3.04. The highest BCUT2D eigenvalue weighted by Gasteiger charge is 2.16. The van der Waals surface area contributed by atoms with E-state index in [4.69, 9.17) is 32.7 Å². The number of ether oxygens (including phenoxy) is 2. The number of hydrogen-bond acceptors (Lipinski definition) is 6. The predicted molar refractivity (Wildman–Crippen MR) is 172 cm³/mol. The number of carbonyl (C=O) groups is 3. The molecule has 0 aliphatic heterocycles. The molecule has 0 spiro atoms. The van der Waals surface area contributed by atoms with Crippen LogP contribution in [0, 0.1) is 0 Å². The number of nitrogens with one attached hydrogen (secondary N) is 3. The van der Waals surface area contributed by atoms with Crippen molar-refractivity contribution in [2.75, 3.05) is 30.6 Å². The molecule has 0 aromatic heterocycles. The van der Waals surface area contributed by atoms with E-state index >= 15 is 0 Å². The van der Waals surface area contributed by atoms with Crippen molar-refractivity contribution >= 4 is 70.1 Å². The first-order chi connectivity index (χ1) is 20.7. The van der Waals surface area contributed by atoms with Crippen LogP contribution in [0.3, 0.4) is 0 Å². The molecule has 0 saturated carbocycles. The summed E-state index contributed by atoms with van der Waals surface area (Å²) in [5.74, 6) is -0.132. The topological polar surface area (TPSA) is 106 Å². The number of hydrogen-bond donors (Lipinski definition) is 3. The highest BCUT2D eigenvalue weighted by molar-refractivity contribution is 8.00. The van der Waals surface area contributed by atoms with Gasteiger partial charge in [0, 0.05) is 31.9 Å². The molecule has 0 aliphatic rings. The molecule has 0 atom stereocenters. The van der Waals surface area contributed by atoms with Crippen molar-refractivity contribution in [2.24, 2.45) is 0 Å². The van der Waals surface area contributed by atoms with E-state index in [1.54, 1.807) is 91.0 Å². The first-order valence-electron chi connectivity index (χ1n) is 12.8. The quantitative estimate of drug-likeness (QED) is 0.119. The van der Waals surface area contributed by atoms with Crippen LogP contribution < -0.4 is 25.4 Å². The lowest BCUT2D eigenvalue weighted by molar-refractivity contribution is -0.114. The van der Waals surface area contributed by atoms with Gasteiger partial charge in [-0.25, -0.2) is 0 Å². The van der Waals surface area contributed by atoms with Gasteiger partial charge < -0.3 is 25.4 Å². The van der Waals surface area contributed by atoms with Gasteiger partial charge in [0.1, 0.15) is 5.70 Å². The highest BCUT2D eigenvalue weighted by Crippen LogP contribution is 2.29. The minimum atomic E-state index is -0.545. The smallest absolute Gasteiger partial charge is 0.272 e. The number of halogens is 2. The summed E-state index contributed by atoms with van der Waals surface area (Å²) in [6, 6.07) is 25.5. The first-order valence-corrected chi connectivity index (χ1v) is 14.6. The molecule has 0 fully saturated rings. The lowest BCUT2D eigenvalue weighted by Gasteiger charge is -2.13. The standard InChI is InChI=1S/C32H27Cl2N3O5S/c1-41-28-12-11-20(14-29(28)42-2)13-27(37-31(39)21-7-4-3-5-8-21)32(40)36-24-9-6-10-26(18-24)43-19-30(38)35-25-16-22(33)15-23(34)17-25/h3-18H,19H2,1-2H3,(H,35,38)(H,36,40)(H,37,39)/b27-13+. The molecule has 4 aromatic carbocycles. The Morgan fingerprint density at radius 3 is 2.19 bits per heavy atom. The average Bonchev–Trinajstić information content (AvgIpc) is 2.99. The Morgan fingerprint density at radius 1 is 0.767 bits per heavy atom. The number of carbonyl (C=O) groups excluding carboxylic acids is 3. The van der Waals surface area contributed by atoms with Crippen molar-refractivity contribution in [3.05, 3.63) is 118 Å². The molecular weight excluding hydrogens is 609 g/mol. The van der Waals surface area contributed by atoms with E-state index in [1.165, 1.54) is 26.0 Å². The molecule has 0 heterocycles. The number of anilines is 2. The van der Waals surface area contributed by atoms with Crippen molar-refractivity contribution in [3.63, 3.8) is 0 Å². The molecular formula is C32H27Cl2N3O5S. The van der Waals surface area contributed by atoms with Gasteiger partial charge in [-0.15, -0.1) is 11.8 Å². The Morgan fingerprint density at radius 2 is 1.49 bits per heavy atom. The third-order valence-corrected chi connectivity index (χ3v) is 7.29. The maximum atomic E-state index is 13.5. The van der Waals surface area contributed by atoms with Crippen LogP contribution in [-0.2, 0) is 9.59 Å². The van der Waals surface area contributed by atoms with Crippen molar-refractivity contribution in [1.29, 1.82) is 0 Å². The molecule has 4 rings (SSSR count). The zero-order valence-corrected chi connectivity index (χ0v) is 25.5. The largest absolute Gasteiger partial charge is 0.493 e. The molecule has 0 bridgehead atoms. The van der Waals surface area contributed by atoms with Gasteiger partial charge in [-0.05, 0) is 72.3 Å². The highest BCUT2D eigenvalue weighted by atomic mass is 35.5. The molecule has 43 heavy (non-hydrogen) atoms. The van der Waals surface area contributed by atoms with Crippen molar-refractivity contribution in [3.8, 4) is 11.5 Å². The van der Waals surface area contributed by atoms with E-state index in [0.29, 0.717) is 44.0 Å². The molecule has 3 N–H and O–H groups in total. The summed E-state index contributed by atoms with van der Waals surface area (Å²) in [5.41, 5.74) is 1.98. The van der Waals surface area contributed by atoms with Crippen molar-refractivity contribution < 1.29 is 23.9 Å². The van der Waals surface area contributed by atoms with Crippen LogP contribution in [0.15, 0.2) is 102 Å². The summed E-state index contributed by atoms with van der Waals surface area (Å²) < 4.78 is 10.7. The fourth-order valence-corrected chi connectivity index (χ4v) is 5.17. The van der Waals surface area contributed by atoms with Crippen LogP contribution in [0.25, 0.3) is 6.08 Å². The second-order valence-electron chi connectivity index (χ2n) is 8.97. The second-order valence-corrected chi connectivity index (χ2v) is 10.9. The van der Waals surface area contributed by atoms with Crippen LogP contribution in [-0.4, -0.2) is 37.7 Å². The first kappa shape index (κ1) is 31.5. The number of rotatable bonds is 11. The van der Waals surface area contributed by atoms with E-state index < -0.39 is 11.8 Å². The van der Waals surface area contributed by atoms with Crippen LogP contribution in [0.1, 0.15) is 15.9 Å². The van der Waals surface area contributed by atoms with Crippen LogP contribution in [0.5, 0.6) is 11.5 Å². The summed E-state index contributed by atoms with van der Waals surface area (Å²) >= 11 is 13.3. The number of thioether (sulfide) groups is 1. The van der Waals surface area contributed by atoms with E-state index in [-0.39, 0.29) is 17.4 Å². The second kappa shape index (κ2) is 15.2. The fraction of sp³-hybridized carbons (Fsp3) is 0.0938. The monoisotopic (exact) mass is 635 g/mol. The lowest BCUT2D eigenvalue weighted by Crippen LogP contribution is -2.30. The molecule has 11 heteroatoms. The normalized spacial score (nSPS) is 10.9. The zero-order valence-electron chi connectivity index (χ0n) is 23.2. The van der Waals surface area contributed by atoms with Gasteiger partial charge in [0.05, 0.1) is 20.0 Å². The zero-order chi connectivity index (χ0) is 30.8. The third-order valence-electron chi connectivity index (χ3n) is 5.86. The molecule has 0 aliphatic carbocycles. The van der Waals surface area contributed by atoms with Gasteiger partial charge in [-0.3, -0.25) is 14.4 Å². The third kappa shape index (κ3) is 9.27. The molecule has 8 nitrogen and oxygen atoms in total. The molecule has 3 amide bonds. The van der Waals surface area contributed by atoms with E-state index in [1.807, 2.05) is 6.07 Å². The molecule has 0 unspecified atom stereocenters. The Bertz CT molecular complexity index is 1640. The summed E-state index contributed by atoms with van der Waals surface area (Å²) in [6.45, 7) is 0. The van der Waals surface area contributed by atoms with Gasteiger partial charge in [0.25, 0.3) is 11.8 Å². The lowest BCUT2D eigenvalue weighted by atomic mass is 10.1. The maximum absolute atomic E-state index is 13.5. The Hall–Kier alpha value is -4.44. The predicted octanol–water partition coefficient (Wildman–Crippen LogP) is 7.15. The Balaban J connectivity index is 1.49. The molecule has 0 radical (unpaired) electrons. The number of benzene rings is 4. The van der Waals surface area contributed by atoms with Gasteiger partial charge in [0.2, 0.25) is 5.91 Å². The number of amides is 3. The minimum absolute atomic E-state index is 0.0127. The van der Waals surface area contributed by atoms with Gasteiger partial charge in [-0.2, -0.15) is 0 Å². The van der Waals surface area contributed by atoms with Crippen LogP contribution in [0.4, 0.5) is 11.4 Å². The SMILES string of the molecule is COc1ccc(/C=C(/NC(=O)c2ccccc2)C(=O)Nc2cccc(SCC(=O)Nc3cc(Cl)cc(Cl)c3)c2)cc1OC. The van der Waals surface area contributed by atoms with Crippen molar-refractivity contribution in [1.82, 2.24) is 5.32 Å². The summed E-state index contributed by atoms with van der Waals surface area (Å²) in [6.07, 6.45) is 1.54. The van der Waals surface area contributed by atoms with E-state index in [9.17, 15) is 14.4 Å². The summed E-state index contributed by atoms with van der Waals surface area (Å²) in [4.78, 5) is 39.7.